The van der Waals surface area contributed by atoms with Gasteiger partial charge in [-0.3, -0.25) is 10.1 Å². The number of nitrogens with one attached hydrogen (secondary N) is 2. The highest BCUT2D eigenvalue weighted by Crippen LogP contribution is 2.15. The van der Waals surface area contributed by atoms with Crippen molar-refractivity contribution < 1.29 is 18.7 Å². The number of urea groups is 1. The second-order valence-corrected chi connectivity index (χ2v) is 4.85. The Balaban J connectivity index is 1.45. The van der Waals surface area contributed by atoms with Gasteiger partial charge in [0.1, 0.15) is 17.8 Å². The third-order valence-corrected chi connectivity index (χ3v) is 3.06. The summed E-state index contributed by atoms with van der Waals surface area (Å²) in [5.74, 6) is 0.446. The Hall–Kier alpha value is -3.69. The van der Waals surface area contributed by atoms with Gasteiger partial charge >= 0.3 is 6.03 Å². The fraction of sp³-hybridized carbons (Fsp3) is 0.133. The zero-order chi connectivity index (χ0) is 17.5. The SMILES string of the molecule is O=C(COc1cccc(-n2cnnn2)c1)NC(=O)NCc1ccco1. The Labute approximate surface area is 141 Å². The van der Waals surface area contributed by atoms with E-state index in [0.29, 0.717) is 17.2 Å². The predicted octanol–water partition coefficient (Wildman–Crippen LogP) is 0.660. The predicted molar refractivity (Wildman–Crippen MR) is 83.7 cm³/mol. The summed E-state index contributed by atoms with van der Waals surface area (Å²) in [5.41, 5.74) is 0.680. The van der Waals surface area contributed by atoms with Gasteiger partial charge in [-0.2, -0.15) is 0 Å². The van der Waals surface area contributed by atoms with Crippen LogP contribution in [0.3, 0.4) is 0 Å². The molecule has 0 aliphatic heterocycles. The summed E-state index contributed by atoms with van der Waals surface area (Å²) >= 11 is 0. The van der Waals surface area contributed by atoms with E-state index < -0.39 is 11.9 Å². The van der Waals surface area contributed by atoms with E-state index in [1.807, 2.05) is 0 Å². The van der Waals surface area contributed by atoms with Crippen molar-refractivity contribution in [2.24, 2.45) is 0 Å². The fourth-order valence-electron chi connectivity index (χ4n) is 1.93. The van der Waals surface area contributed by atoms with Crippen molar-refractivity contribution >= 4 is 11.9 Å². The van der Waals surface area contributed by atoms with Crippen molar-refractivity contribution in [3.8, 4) is 11.4 Å². The summed E-state index contributed by atoms with van der Waals surface area (Å²) in [5, 5.41) is 15.5. The van der Waals surface area contributed by atoms with Gasteiger partial charge in [-0.25, -0.2) is 9.48 Å². The molecule has 0 spiro atoms. The third-order valence-electron chi connectivity index (χ3n) is 3.06. The van der Waals surface area contributed by atoms with E-state index in [2.05, 4.69) is 26.2 Å². The number of aromatic nitrogens is 4. The number of imide groups is 1. The Morgan fingerprint density at radius 2 is 2.16 bits per heavy atom. The Kier molecular flexibility index (Phi) is 5.00. The highest BCUT2D eigenvalue weighted by atomic mass is 16.5. The molecule has 1 aromatic carbocycles. The highest BCUT2D eigenvalue weighted by Gasteiger charge is 2.09. The van der Waals surface area contributed by atoms with Gasteiger partial charge in [-0.05, 0) is 34.7 Å². The second-order valence-electron chi connectivity index (χ2n) is 4.85. The zero-order valence-corrected chi connectivity index (χ0v) is 13.0. The van der Waals surface area contributed by atoms with E-state index in [1.54, 1.807) is 36.4 Å². The van der Waals surface area contributed by atoms with Crippen LogP contribution in [0.25, 0.3) is 5.69 Å². The maximum atomic E-state index is 11.7. The van der Waals surface area contributed by atoms with Gasteiger partial charge in [0.25, 0.3) is 5.91 Å². The van der Waals surface area contributed by atoms with E-state index in [0.717, 1.165) is 0 Å². The second kappa shape index (κ2) is 7.73. The molecule has 10 nitrogen and oxygen atoms in total. The minimum atomic E-state index is -0.632. The van der Waals surface area contributed by atoms with E-state index in [-0.39, 0.29) is 13.2 Å². The summed E-state index contributed by atoms with van der Waals surface area (Å²) < 4.78 is 11.9. The summed E-state index contributed by atoms with van der Waals surface area (Å²) in [4.78, 5) is 23.3. The largest absolute Gasteiger partial charge is 0.484 e. The number of nitrogens with zero attached hydrogens (tertiary/aromatic N) is 4. The van der Waals surface area contributed by atoms with Crippen LogP contribution in [-0.2, 0) is 11.3 Å². The molecule has 0 saturated carbocycles. The molecule has 2 aromatic heterocycles. The molecule has 0 atom stereocenters. The van der Waals surface area contributed by atoms with E-state index in [1.165, 1.54) is 17.3 Å². The number of tetrazole rings is 1. The van der Waals surface area contributed by atoms with E-state index in [9.17, 15) is 9.59 Å². The Bertz CT molecular complexity index is 832. The van der Waals surface area contributed by atoms with Crippen LogP contribution in [0.15, 0.2) is 53.4 Å². The minimum Gasteiger partial charge on any atom is -0.484 e. The average molecular weight is 342 g/mol. The molecule has 2 heterocycles. The van der Waals surface area contributed by atoms with Crippen molar-refractivity contribution in [3.05, 3.63) is 54.7 Å². The summed E-state index contributed by atoms with van der Waals surface area (Å²) in [6.07, 6.45) is 2.94. The van der Waals surface area contributed by atoms with Crippen molar-refractivity contribution in [2.75, 3.05) is 6.61 Å². The van der Waals surface area contributed by atoms with Crippen molar-refractivity contribution in [1.29, 1.82) is 0 Å². The van der Waals surface area contributed by atoms with Crippen LogP contribution in [0.5, 0.6) is 5.75 Å². The average Bonchev–Trinajstić information content (AvgIpc) is 3.32. The lowest BCUT2D eigenvalue weighted by Gasteiger charge is -2.08. The Morgan fingerprint density at radius 1 is 1.24 bits per heavy atom. The molecule has 0 aliphatic rings. The van der Waals surface area contributed by atoms with Gasteiger partial charge < -0.3 is 14.5 Å². The van der Waals surface area contributed by atoms with Crippen LogP contribution in [-0.4, -0.2) is 38.8 Å². The van der Waals surface area contributed by atoms with Gasteiger partial charge in [0, 0.05) is 6.07 Å². The van der Waals surface area contributed by atoms with Gasteiger partial charge in [-0.1, -0.05) is 6.07 Å². The first-order valence-corrected chi connectivity index (χ1v) is 7.27. The smallest absolute Gasteiger partial charge is 0.321 e. The van der Waals surface area contributed by atoms with Crippen molar-refractivity contribution in [1.82, 2.24) is 30.8 Å². The third kappa shape index (κ3) is 4.64. The lowest BCUT2D eigenvalue weighted by molar-refractivity contribution is -0.122. The van der Waals surface area contributed by atoms with Crippen LogP contribution in [0.1, 0.15) is 5.76 Å². The summed E-state index contributed by atoms with van der Waals surface area (Å²) in [7, 11) is 0. The number of furan rings is 1. The maximum Gasteiger partial charge on any atom is 0.321 e. The first-order chi connectivity index (χ1) is 12.2. The molecule has 128 valence electrons. The topological polar surface area (TPSA) is 124 Å². The minimum absolute atomic E-state index is 0.182. The van der Waals surface area contributed by atoms with Crippen LogP contribution < -0.4 is 15.4 Å². The number of hydrogen-bond acceptors (Lipinski definition) is 7. The fourth-order valence-corrected chi connectivity index (χ4v) is 1.93. The Morgan fingerprint density at radius 3 is 2.92 bits per heavy atom. The molecular weight excluding hydrogens is 328 g/mol. The standard InChI is InChI=1S/C15H14N6O4/c22-14(18-15(23)16-8-13-5-2-6-24-13)9-25-12-4-1-3-11(7-12)21-10-17-19-20-21/h1-7,10H,8-9H2,(H2,16,18,22,23). The van der Waals surface area contributed by atoms with Gasteiger partial charge in [-0.15, -0.1) is 5.10 Å². The number of hydrogen-bond donors (Lipinski definition) is 2. The zero-order valence-electron chi connectivity index (χ0n) is 13.0. The molecule has 2 N–H and O–H groups in total. The number of rotatable bonds is 6. The number of ether oxygens (including phenoxy) is 1. The lowest BCUT2D eigenvalue weighted by Crippen LogP contribution is -2.41. The maximum absolute atomic E-state index is 11.7. The molecule has 0 saturated heterocycles. The van der Waals surface area contributed by atoms with Crippen LogP contribution >= 0.6 is 0 Å². The van der Waals surface area contributed by atoms with Crippen molar-refractivity contribution in [3.63, 3.8) is 0 Å². The number of carbonyl (C=O) groups excluding carboxylic acids is 2. The number of amides is 3. The molecule has 0 fully saturated rings. The lowest BCUT2D eigenvalue weighted by atomic mass is 10.3. The number of benzene rings is 1. The van der Waals surface area contributed by atoms with Crippen LogP contribution in [0.2, 0.25) is 0 Å². The molecule has 10 heteroatoms. The van der Waals surface area contributed by atoms with E-state index >= 15 is 0 Å². The molecule has 0 bridgehead atoms. The number of carbonyl (C=O) groups is 2. The quantitative estimate of drug-likeness (QED) is 0.674. The first-order valence-electron chi connectivity index (χ1n) is 7.27. The molecule has 0 unspecified atom stereocenters. The molecule has 3 aromatic rings. The van der Waals surface area contributed by atoms with Gasteiger partial charge in [0.05, 0.1) is 18.5 Å². The van der Waals surface area contributed by atoms with E-state index in [4.69, 9.17) is 9.15 Å². The monoisotopic (exact) mass is 342 g/mol. The molecule has 0 aliphatic carbocycles. The first kappa shape index (κ1) is 16.2. The van der Waals surface area contributed by atoms with Crippen molar-refractivity contribution in [2.45, 2.75) is 6.54 Å². The summed E-state index contributed by atoms with van der Waals surface area (Å²) in [6, 6.07) is 9.65. The highest BCUT2D eigenvalue weighted by molar-refractivity contribution is 5.94. The van der Waals surface area contributed by atoms with Gasteiger partial charge in [0.2, 0.25) is 0 Å². The molecule has 25 heavy (non-hydrogen) atoms. The molecule has 3 amide bonds. The van der Waals surface area contributed by atoms with Crippen LogP contribution in [0, 0.1) is 0 Å². The molecular formula is C15H14N6O4. The normalized spacial score (nSPS) is 10.2. The summed E-state index contributed by atoms with van der Waals surface area (Å²) in [6.45, 7) is -0.131. The van der Waals surface area contributed by atoms with Crippen LogP contribution in [0.4, 0.5) is 4.79 Å². The molecule has 0 radical (unpaired) electrons. The van der Waals surface area contributed by atoms with Gasteiger partial charge in [0.15, 0.2) is 6.61 Å². The molecule has 3 rings (SSSR count).